The summed E-state index contributed by atoms with van der Waals surface area (Å²) in [5.74, 6) is 0.281. The lowest BCUT2D eigenvalue weighted by molar-refractivity contribution is -0.0856. The van der Waals surface area contributed by atoms with Crippen LogP contribution in [-0.2, 0) is 9.47 Å². The minimum atomic E-state index is -0.318. The van der Waals surface area contributed by atoms with Crippen molar-refractivity contribution in [3.63, 3.8) is 0 Å². The predicted molar refractivity (Wildman–Crippen MR) is 78.9 cm³/mol. The zero-order chi connectivity index (χ0) is 14.8. The smallest absolute Gasteiger partial charge is 0.342 e. The van der Waals surface area contributed by atoms with Gasteiger partial charge >= 0.3 is 5.97 Å². The Morgan fingerprint density at radius 3 is 2.81 bits per heavy atom. The molecule has 2 aliphatic rings. The molecule has 2 unspecified atom stereocenters. The Bertz CT molecular complexity index is 521. The molecule has 1 N–H and O–H groups in total. The number of hydrogen-bond donors (Lipinski definition) is 1. The van der Waals surface area contributed by atoms with Crippen molar-refractivity contribution in [1.29, 1.82) is 0 Å². The molecular weight excluding hydrogens is 270 g/mol. The summed E-state index contributed by atoms with van der Waals surface area (Å²) in [5, 5.41) is 3.22. The van der Waals surface area contributed by atoms with Crippen molar-refractivity contribution in [1.82, 2.24) is 0 Å². The Morgan fingerprint density at radius 2 is 2.05 bits per heavy atom. The van der Waals surface area contributed by atoms with Crippen LogP contribution in [0.2, 0.25) is 0 Å². The van der Waals surface area contributed by atoms with Gasteiger partial charge in [-0.2, -0.15) is 0 Å². The molecule has 2 aliphatic heterocycles. The highest BCUT2D eigenvalue weighted by molar-refractivity contribution is 5.95. The number of fused-ring (bicyclic) bond motifs is 1. The van der Waals surface area contributed by atoms with E-state index in [0.29, 0.717) is 17.9 Å². The van der Waals surface area contributed by atoms with Crippen LogP contribution in [0.5, 0.6) is 5.75 Å². The Hall–Kier alpha value is -1.75. The predicted octanol–water partition coefficient (Wildman–Crippen LogP) is 2.60. The molecule has 1 fully saturated rings. The Balaban J connectivity index is 1.74. The molecule has 0 radical (unpaired) electrons. The van der Waals surface area contributed by atoms with Crippen molar-refractivity contribution in [2.75, 3.05) is 18.5 Å². The second kappa shape index (κ2) is 5.93. The molecule has 2 atom stereocenters. The number of nitrogens with one attached hydrogen (secondary N) is 1. The monoisotopic (exact) mass is 291 g/mol. The van der Waals surface area contributed by atoms with E-state index in [9.17, 15) is 4.79 Å². The number of hydrogen-bond acceptors (Lipinski definition) is 5. The average molecular weight is 291 g/mol. The standard InChI is InChI=1S/C16H21NO4/c1-10-8-12(9-11(2)20-10)21-16(18)13-4-3-5-14-15(13)19-7-6-17-14/h3-5,10-12,17H,6-9H2,1-2H3. The second-order valence-corrected chi connectivity index (χ2v) is 5.71. The highest BCUT2D eigenvalue weighted by atomic mass is 16.6. The van der Waals surface area contributed by atoms with E-state index in [-0.39, 0.29) is 24.3 Å². The van der Waals surface area contributed by atoms with Gasteiger partial charge in [0.25, 0.3) is 0 Å². The molecule has 2 heterocycles. The normalized spacial score (nSPS) is 28.0. The fraction of sp³-hybridized carbons (Fsp3) is 0.562. The summed E-state index contributed by atoms with van der Waals surface area (Å²) >= 11 is 0. The summed E-state index contributed by atoms with van der Waals surface area (Å²) in [5.41, 5.74) is 1.34. The molecule has 0 bridgehead atoms. The fourth-order valence-electron chi connectivity index (χ4n) is 2.99. The molecule has 0 aromatic heterocycles. The van der Waals surface area contributed by atoms with Crippen molar-refractivity contribution < 1.29 is 19.0 Å². The fourth-order valence-corrected chi connectivity index (χ4v) is 2.99. The van der Waals surface area contributed by atoms with Gasteiger partial charge in [0.2, 0.25) is 0 Å². The number of rotatable bonds is 2. The van der Waals surface area contributed by atoms with Crippen LogP contribution in [0.25, 0.3) is 0 Å². The lowest BCUT2D eigenvalue weighted by atomic mass is 10.0. The molecule has 0 saturated carbocycles. The molecule has 21 heavy (non-hydrogen) atoms. The first-order valence-electron chi connectivity index (χ1n) is 7.49. The second-order valence-electron chi connectivity index (χ2n) is 5.71. The number of esters is 1. The molecule has 1 saturated heterocycles. The zero-order valence-corrected chi connectivity index (χ0v) is 12.4. The highest BCUT2D eigenvalue weighted by Crippen LogP contribution is 2.32. The summed E-state index contributed by atoms with van der Waals surface area (Å²) in [6, 6.07) is 5.50. The van der Waals surface area contributed by atoms with Crippen molar-refractivity contribution >= 4 is 11.7 Å². The van der Waals surface area contributed by atoms with Crippen molar-refractivity contribution in [3.05, 3.63) is 23.8 Å². The van der Waals surface area contributed by atoms with Crippen LogP contribution in [0.1, 0.15) is 37.0 Å². The van der Waals surface area contributed by atoms with Gasteiger partial charge in [-0.15, -0.1) is 0 Å². The van der Waals surface area contributed by atoms with Gasteiger partial charge in [-0.25, -0.2) is 4.79 Å². The van der Waals surface area contributed by atoms with Crippen LogP contribution in [0.4, 0.5) is 5.69 Å². The zero-order valence-electron chi connectivity index (χ0n) is 12.4. The van der Waals surface area contributed by atoms with E-state index in [2.05, 4.69) is 5.32 Å². The third-order valence-corrected chi connectivity index (χ3v) is 3.83. The summed E-state index contributed by atoms with van der Waals surface area (Å²) < 4.78 is 16.9. The van der Waals surface area contributed by atoms with Gasteiger partial charge in [0.05, 0.1) is 17.9 Å². The molecule has 1 aromatic carbocycles. The molecular formula is C16H21NO4. The van der Waals surface area contributed by atoms with E-state index in [4.69, 9.17) is 14.2 Å². The third kappa shape index (κ3) is 3.13. The maximum atomic E-state index is 12.4. The molecule has 0 aliphatic carbocycles. The van der Waals surface area contributed by atoms with Crippen molar-refractivity contribution in [3.8, 4) is 5.75 Å². The maximum absolute atomic E-state index is 12.4. The minimum Gasteiger partial charge on any atom is -0.489 e. The molecule has 3 rings (SSSR count). The minimum absolute atomic E-state index is 0.0938. The van der Waals surface area contributed by atoms with Gasteiger partial charge in [-0.1, -0.05) is 6.07 Å². The van der Waals surface area contributed by atoms with Crippen LogP contribution >= 0.6 is 0 Å². The molecule has 0 amide bonds. The molecule has 5 heteroatoms. The summed E-state index contributed by atoms with van der Waals surface area (Å²) in [6.07, 6.45) is 1.63. The molecule has 0 spiro atoms. The van der Waals surface area contributed by atoms with Gasteiger partial charge < -0.3 is 19.5 Å². The van der Waals surface area contributed by atoms with E-state index in [1.165, 1.54) is 0 Å². The largest absolute Gasteiger partial charge is 0.489 e. The number of ether oxygens (including phenoxy) is 3. The first-order chi connectivity index (χ1) is 10.1. The Morgan fingerprint density at radius 1 is 1.29 bits per heavy atom. The van der Waals surface area contributed by atoms with Crippen LogP contribution in [-0.4, -0.2) is 37.4 Å². The van der Waals surface area contributed by atoms with Gasteiger partial charge in [-0.3, -0.25) is 0 Å². The van der Waals surface area contributed by atoms with E-state index in [1.807, 2.05) is 26.0 Å². The number of carbonyl (C=O) groups excluding carboxylic acids is 1. The van der Waals surface area contributed by atoms with Crippen LogP contribution in [0, 0.1) is 0 Å². The van der Waals surface area contributed by atoms with Crippen LogP contribution in [0.15, 0.2) is 18.2 Å². The summed E-state index contributed by atoms with van der Waals surface area (Å²) in [7, 11) is 0. The maximum Gasteiger partial charge on any atom is 0.342 e. The molecule has 114 valence electrons. The Labute approximate surface area is 124 Å². The summed E-state index contributed by atoms with van der Waals surface area (Å²) in [6.45, 7) is 5.32. The average Bonchev–Trinajstić information content (AvgIpc) is 2.45. The number of carbonyl (C=O) groups is 1. The van der Waals surface area contributed by atoms with Gasteiger partial charge in [0.15, 0.2) is 5.75 Å². The van der Waals surface area contributed by atoms with E-state index in [0.717, 1.165) is 25.1 Å². The van der Waals surface area contributed by atoms with Gasteiger partial charge in [0, 0.05) is 19.4 Å². The van der Waals surface area contributed by atoms with Gasteiger partial charge in [-0.05, 0) is 26.0 Å². The third-order valence-electron chi connectivity index (χ3n) is 3.83. The quantitative estimate of drug-likeness (QED) is 0.849. The molecule has 5 nitrogen and oxygen atoms in total. The van der Waals surface area contributed by atoms with Gasteiger partial charge in [0.1, 0.15) is 18.3 Å². The van der Waals surface area contributed by atoms with Crippen LogP contribution < -0.4 is 10.1 Å². The number of benzene rings is 1. The number of para-hydroxylation sites is 1. The lowest BCUT2D eigenvalue weighted by Gasteiger charge is -2.32. The summed E-state index contributed by atoms with van der Waals surface area (Å²) in [4.78, 5) is 12.4. The Kier molecular flexibility index (Phi) is 4.01. The first kappa shape index (κ1) is 14.2. The van der Waals surface area contributed by atoms with Crippen molar-refractivity contribution in [2.45, 2.75) is 45.0 Å². The highest BCUT2D eigenvalue weighted by Gasteiger charge is 2.29. The molecule has 1 aromatic rings. The van der Waals surface area contributed by atoms with E-state index >= 15 is 0 Å². The van der Waals surface area contributed by atoms with E-state index < -0.39 is 0 Å². The number of anilines is 1. The van der Waals surface area contributed by atoms with Crippen LogP contribution in [0.3, 0.4) is 0 Å². The topological polar surface area (TPSA) is 56.8 Å². The SMILES string of the molecule is CC1CC(OC(=O)c2cccc3c2OCCN3)CC(C)O1. The first-order valence-corrected chi connectivity index (χ1v) is 7.49. The lowest BCUT2D eigenvalue weighted by Crippen LogP contribution is -2.35. The van der Waals surface area contributed by atoms with Crippen molar-refractivity contribution in [2.24, 2.45) is 0 Å². The van der Waals surface area contributed by atoms with E-state index in [1.54, 1.807) is 6.07 Å².